The molecule has 1 N–H and O–H groups in total. The average molecular weight is 339 g/mol. The standard InChI is InChI=1S/C17H14FN5O2/c18-13-3-1-12(2-4-13)16(24)9-10-17(25)20-14-5-7-15(8-6-14)23-11-19-21-22-23/h1-8,11H,9-10H2,(H,20,25). The van der Waals surface area contributed by atoms with Crippen LogP contribution in [0.25, 0.3) is 5.69 Å². The number of carbonyl (C=O) groups excluding carboxylic acids is 2. The van der Waals surface area contributed by atoms with Gasteiger partial charge in [0, 0.05) is 24.1 Å². The molecule has 0 aliphatic heterocycles. The van der Waals surface area contributed by atoms with Crippen LogP contribution in [0, 0.1) is 5.82 Å². The lowest BCUT2D eigenvalue weighted by molar-refractivity contribution is -0.116. The van der Waals surface area contributed by atoms with Gasteiger partial charge in [0.25, 0.3) is 0 Å². The van der Waals surface area contributed by atoms with E-state index >= 15 is 0 Å². The molecule has 0 saturated carbocycles. The largest absolute Gasteiger partial charge is 0.326 e. The lowest BCUT2D eigenvalue weighted by atomic mass is 10.1. The molecule has 1 amide bonds. The first kappa shape index (κ1) is 16.4. The second-order valence-corrected chi connectivity index (χ2v) is 5.28. The van der Waals surface area contributed by atoms with E-state index in [1.807, 2.05) is 0 Å². The SMILES string of the molecule is O=C(CCC(=O)c1ccc(F)cc1)Nc1ccc(-n2cnnn2)cc1. The van der Waals surface area contributed by atoms with E-state index in [0.29, 0.717) is 11.3 Å². The number of rotatable bonds is 6. The quantitative estimate of drug-likeness (QED) is 0.697. The normalized spacial score (nSPS) is 10.4. The third-order valence-electron chi connectivity index (χ3n) is 3.51. The van der Waals surface area contributed by atoms with E-state index in [0.717, 1.165) is 5.69 Å². The molecule has 25 heavy (non-hydrogen) atoms. The summed E-state index contributed by atoms with van der Waals surface area (Å²) in [7, 11) is 0. The van der Waals surface area contributed by atoms with Gasteiger partial charge in [-0.25, -0.2) is 9.07 Å². The highest BCUT2D eigenvalue weighted by atomic mass is 19.1. The predicted octanol–water partition coefficient (Wildman–Crippen LogP) is 2.40. The summed E-state index contributed by atoms with van der Waals surface area (Å²) in [5, 5.41) is 13.6. The lowest BCUT2D eigenvalue weighted by Gasteiger charge is -2.06. The molecule has 3 aromatic rings. The Balaban J connectivity index is 1.52. The number of amides is 1. The molecule has 2 aromatic carbocycles. The van der Waals surface area contributed by atoms with E-state index in [2.05, 4.69) is 20.8 Å². The molecule has 0 radical (unpaired) electrons. The van der Waals surface area contributed by atoms with Crippen molar-refractivity contribution in [2.45, 2.75) is 12.8 Å². The van der Waals surface area contributed by atoms with Crippen molar-refractivity contribution in [2.75, 3.05) is 5.32 Å². The molecule has 3 rings (SSSR count). The number of benzene rings is 2. The predicted molar refractivity (Wildman–Crippen MR) is 87.7 cm³/mol. The number of carbonyl (C=O) groups is 2. The van der Waals surface area contributed by atoms with E-state index < -0.39 is 5.82 Å². The van der Waals surface area contributed by atoms with Crippen LogP contribution >= 0.6 is 0 Å². The zero-order valence-corrected chi connectivity index (χ0v) is 13.1. The van der Waals surface area contributed by atoms with Gasteiger partial charge < -0.3 is 5.32 Å². The van der Waals surface area contributed by atoms with Crippen LogP contribution in [0.15, 0.2) is 54.9 Å². The third kappa shape index (κ3) is 4.31. The lowest BCUT2D eigenvalue weighted by Crippen LogP contribution is -2.13. The van der Waals surface area contributed by atoms with E-state index in [4.69, 9.17) is 0 Å². The van der Waals surface area contributed by atoms with E-state index in [-0.39, 0.29) is 24.5 Å². The molecule has 8 heteroatoms. The van der Waals surface area contributed by atoms with Crippen molar-refractivity contribution in [1.82, 2.24) is 20.2 Å². The Morgan fingerprint density at radius 1 is 1.00 bits per heavy atom. The number of Topliss-reactive ketones (excluding diaryl/α,β-unsaturated/α-hetero) is 1. The maximum absolute atomic E-state index is 12.8. The summed E-state index contributed by atoms with van der Waals surface area (Å²) in [5.74, 6) is -0.880. The molecule has 0 spiro atoms. The number of aromatic nitrogens is 4. The van der Waals surface area contributed by atoms with Crippen molar-refractivity contribution in [3.8, 4) is 5.69 Å². The van der Waals surface area contributed by atoms with Crippen LogP contribution in [0.2, 0.25) is 0 Å². The molecule has 1 aromatic heterocycles. The van der Waals surface area contributed by atoms with Crippen LogP contribution in [-0.2, 0) is 4.79 Å². The van der Waals surface area contributed by atoms with Crippen molar-refractivity contribution in [3.63, 3.8) is 0 Å². The zero-order chi connectivity index (χ0) is 17.6. The summed E-state index contributed by atoms with van der Waals surface area (Å²) in [6, 6.07) is 12.2. The molecular formula is C17H14FN5O2. The highest BCUT2D eigenvalue weighted by Crippen LogP contribution is 2.13. The van der Waals surface area contributed by atoms with Crippen LogP contribution in [0.3, 0.4) is 0 Å². The smallest absolute Gasteiger partial charge is 0.224 e. The van der Waals surface area contributed by atoms with Gasteiger partial charge in [-0.3, -0.25) is 9.59 Å². The molecule has 0 fully saturated rings. The van der Waals surface area contributed by atoms with Crippen molar-refractivity contribution in [3.05, 3.63) is 66.2 Å². The van der Waals surface area contributed by atoms with Gasteiger partial charge in [-0.15, -0.1) is 5.10 Å². The summed E-state index contributed by atoms with van der Waals surface area (Å²) < 4.78 is 14.3. The summed E-state index contributed by atoms with van der Waals surface area (Å²) >= 11 is 0. The molecule has 0 aliphatic rings. The van der Waals surface area contributed by atoms with Gasteiger partial charge in [0.15, 0.2) is 5.78 Å². The van der Waals surface area contributed by atoms with Gasteiger partial charge in [0.1, 0.15) is 12.1 Å². The maximum Gasteiger partial charge on any atom is 0.224 e. The summed E-state index contributed by atoms with van der Waals surface area (Å²) in [5.41, 5.74) is 1.76. The Labute approximate surface area is 142 Å². The van der Waals surface area contributed by atoms with Crippen molar-refractivity contribution in [1.29, 1.82) is 0 Å². The van der Waals surface area contributed by atoms with Crippen LogP contribution in [-0.4, -0.2) is 31.9 Å². The fourth-order valence-corrected chi connectivity index (χ4v) is 2.21. The van der Waals surface area contributed by atoms with Crippen LogP contribution in [0.1, 0.15) is 23.2 Å². The van der Waals surface area contributed by atoms with E-state index in [9.17, 15) is 14.0 Å². The number of ketones is 1. The topological polar surface area (TPSA) is 89.8 Å². The highest BCUT2D eigenvalue weighted by Gasteiger charge is 2.10. The first-order valence-corrected chi connectivity index (χ1v) is 7.54. The van der Waals surface area contributed by atoms with Gasteiger partial charge in [0.2, 0.25) is 5.91 Å². The minimum atomic E-state index is -0.403. The molecule has 1 heterocycles. The van der Waals surface area contributed by atoms with Crippen LogP contribution in [0.4, 0.5) is 10.1 Å². The van der Waals surface area contributed by atoms with E-state index in [1.165, 1.54) is 35.3 Å². The molecule has 126 valence electrons. The Hall–Kier alpha value is -3.42. The fraction of sp³-hybridized carbons (Fsp3) is 0.118. The molecule has 0 unspecified atom stereocenters. The number of nitrogens with zero attached hydrogens (tertiary/aromatic N) is 4. The number of hydrogen-bond acceptors (Lipinski definition) is 5. The number of nitrogens with one attached hydrogen (secondary N) is 1. The second-order valence-electron chi connectivity index (χ2n) is 5.28. The van der Waals surface area contributed by atoms with E-state index in [1.54, 1.807) is 24.3 Å². The fourth-order valence-electron chi connectivity index (χ4n) is 2.21. The summed E-state index contributed by atoms with van der Waals surface area (Å²) in [6.07, 6.45) is 1.57. The van der Waals surface area contributed by atoms with Gasteiger partial charge >= 0.3 is 0 Å². The number of hydrogen-bond donors (Lipinski definition) is 1. The molecule has 0 bridgehead atoms. The number of tetrazole rings is 1. The second kappa shape index (κ2) is 7.43. The van der Waals surface area contributed by atoms with Gasteiger partial charge in [-0.1, -0.05) is 0 Å². The zero-order valence-electron chi connectivity index (χ0n) is 13.1. The minimum absolute atomic E-state index is 0.0466. The highest BCUT2D eigenvalue weighted by molar-refractivity contribution is 5.99. The Morgan fingerprint density at radius 2 is 1.72 bits per heavy atom. The van der Waals surface area contributed by atoms with Crippen molar-refractivity contribution < 1.29 is 14.0 Å². The number of halogens is 1. The Kier molecular flexibility index (Phi) is 4.89. The average Bonchev–Trinajstić information content (AvgIpc) is 3.15. The van der Waals surface area contributed by atoms with Crippen LogP contribution < -0.4 is 5.32 Å². The molecular weight excluding hydrogens is 325 g/mol. The Morgan fingerprint density at radius 3 is 2.36 bits per heavy atom. The minimum Gasteiger partial charge on any atom is -0.326 e. The van der Waals surface area contributed by atoms with Crippen LogP contribution in [0.5, 0.6) is 0 Å². The first-order chi connectivity index (χ1) is 12.1. The van der Waals surface area contributed by atoms with Gasteiger partial charge in [-0.05, 0) is 59.0 Å². The summed E-state index contributed by atoms with van der Waals surface area (Å²) in [4.78, 5) is 23.9. The summed E-state index contributed by atoms with van der Waals surface area (Å²) in [6.45, 7) is 0. The van der Waals surface area contributed by atoms with Gasteiger partial charge in [-0.2, -0.15) is 0 Å². The molecule has 7 nitrogen and oxygen atoms in total. The van der Waals surface area contributed by atoms with Crippen molar-refractivity contribution in [2.24, 2.45) is 0 Å². The third-order valence-corrected chi connectivity index (χ3v) is 3.51. The maximum atomic E-state index is 12.8. The number of anilines is 1. The molecule has 0 atom stereocenters. The van der Waals surface area contributed by atoms with Gasteiger partial charge in [0.05, 0.1) is 5.69 Å². The monoisotopic (exact) mass is 339 g/mol. The molecule has 0 aliphatic carbocycles. The first-order valence-electron chi connectivity index (χ1n) is 7.54. The molecule has 0 saturated heterocycles. The Bertz CT molecular complexity index is 861. The van der Waals surface area contributed by atoms with Crippen molar-refractivity contribution >= 4 is 17.4 Å².